The summed E-state index contributed by atoms with van der Waals surface area (Å²) < 4.78 is 5.62. The van der Waals surface area contributed by atoms with Gasteiger partial charge in [-0.3, -0.25) is 4.79 Å². The van der Waals surface area contributed by atoms with E-state index in [4.69, 9.17) is 4.74 Å². The van der Waals surface area contributed by atoms with E-state index >= 15 is 0 Å². The van der Waals surface area contributed by atoms with Crippen molar-refractivity contribution in [3.8, 4) is 0 Å². The van der Waals surface area contributed by atoms with Crippen molar-refractivity contribution < 1.29 is 9.53 Å². The van der Waals surface area contributed by atoms with Gasteiger partial charge in [-0.05, 0) is 87.4 Å². The summed E-state index contributed by atoms with van der Waals surface area (Å²) >= 11 is 0. The van der Waals surface area contributed by atoms with Crippen LogP contribution >= 0.6 is 0 Å². The highest BCUT2D eigenvalue weighted by atomic mass is 16.5. The summed E-state index contributed by atoms with van der Waals surface area (Å²) in [5.41, 5.74) is 7.51. The zero-order valence-electron chi connectivity index (χ0n) is 18.3. The van der Waals surface area contributed by atoms with Crippen LogP contribution in [0.2, 0.25) is 0 Å². The Morgan fingerprint density at radius 2 is 1.70 bits per heavy atom. The van der Waals surface area contributed by atoms with Crippen molar-refractivity contribution in [2.75, 3.05) is 0 Å². The van der Waals surface area contributed by atoms with Gasteiger partial charge in [0.1, 0.15) is 6.10 Å². The van der Waals surface area contributed by atoms with E-state index in [1.54, 1.807) is 29.2 Å². The number of carbonyl (C=O) groups excluding carboxylic acids is 1. The van der Waals surface area contributed by atoms with E-state index in [0.29, 0.717) is 10.8 Å². The molecule has 4 aliphatic rings. The average Bonchev–Trinajstić information content (AvgIpc) is 2.85. The molecule has 0 unspecified atom stereocenters. The molecule has 2 nitrogen and oxygen atoms in total. The van der Waals surface area contributed by atoms with Crippen LogP contribution in [0.4, 0.5) is 0 Å². The molecule has 0 N–H and O–H groups in total. The minimum atomic E-state index is -0.122. The lowest BCUT2D eigenvalue weighted by Crippen LogP contribution is -2.51. The lowest BCUT2D eigenvalue weighted by atomic mass is 9.46. The maximum absolute atomic E-state index is 11.5. The molecule has 150 valence electrons. The van der Waals surface area contributed by atoms with E-state index in [1.807, 2.05) is 0 Å². The maximum atomic E-state index is 11.5. The highest BCUT2D eigenvalue weighted by Gasteiger charge is 2.58. The van der Waals surface area contributed by atoms with Crippen LogP contribution in [0.1, 0.15) is 92.9 Å². The van der Waals surface area contributed by atoms with E-state index in [1.165, 1.54) is 38.5 Å². The van der Waals surface area contributed by atoms with Crippen molar-refractivity contribution in [2.45, 2.75) is 99.0 Å². The summed E-state index contributed by atoms with van der Waals surface area (Å²) in [6, 6.07) is 0. The van der Waals surface area contributed by atoms with Crippen LogP contribution in [0.5, 0.6) is 0 Å². The number of carbonyl (C=O) groups is 1. The quantitative estimate of drug-likeness (QED) is 0.404. The summed E-state index contributed by atoms with van der Waals surface area (Å²) in [5.74, 6) is 2.37. The molecule has 27 heavy (non-hydrogen) atoms. The first-order valence-corrected chi connectivity index (χ1v) is 11.3. The zero-order chi connectivity index (χ0) is 19.6. The second-order valence-electron chi connectivity index (χ2n) is 10.5. The lowest BCUT2D eigenvalue weighted by Gasteiger charge is -2.59. The second-order valence-corrected chi connectivity index (χ2v) is 10.5. The minimum absolute atomic E-state index is 0.105. The normalized spacial score (nSPS) is 43.9. The summed E-state index contributed by atoms with van der Waals surface area (Å²) in [6.07, 6.45) is 9.89. The van der Waals surface area contributed by atoms with Crippen LogP contribution in [0.3, 0.4) is 0 Å². The number of hydrogen-bond acceptors (Lipinski definition) is 2. The highest BCUT2D eigenvalue weighted by molar-refractivity contribution is 5.66. The Labute approximate surface area is 165 Å². The van der Waals surface area contributed by atoms with Gasteiger partial charge >= 0.3 is 5.97 Å². The van der Waals surface area contributed by atoms with Crippen LogP contribution in [-0.4, -0.2) is 12.1 Å². The first-order chi connectivity index (χ1) is 12.7. The second kappa shape index (κ2) is 6.49. The number of ether oxygens (including phenoxy) is 1. The van der Waals surface area contributed by atoms with Crippen LogP contribution in [-0.2, 0) is 9.53 Å². The van der Waals surface area contributed by atoms with Gasteiger partial charge in [0.2, 0.25) is 0 Å². The Hall–Kier alpha value is -1.05. The molecule has 0 aliphatic heterocycles. The summed E-state index contributed by atoms with van der Waals surface area (Å²) in [4.78, 5) is 11.5. The maximum Gasteiger partial charge on any atom is 0.302 e. The Morgan fingerprint density at radius 3 is 2.37 bits per heavy atom. The van der Waals surface area contributed by atoms with Gasteiger partial charge in [-0.15, -0.1) is 0 Å². The third kappa shape index (κ3) is 2.76. The molecule has 4 rings (SSSR count). The number of fused-ring (bicyclic) bond motifs is 5. The summed E-state index contributed by atoms with van der Waals surface area (Å²) in [5, 5.41) is 0. The van der Waals surface area contributed by atoms with Gasteiger partial charge in [-0.1, -0.05) is 43.1 Å². The number of hydrogen-bond donors (Lipinski definition) is 0. The van der Waals surface area contributed by atoms with E-state index < -0.39 is 0 Å². The number of esters is 1. The van der Waals surface area contributed by atoms with Gasteiger partial charge in [-0.25, -0.2) is 0 Å². The standard InChI is InChI=1S/C25H38O2/c1-7-20-16(3)13-23-19-12-15(2)22-14-18(27-17(4)26)8-10-25(22,6)21(19)9-11-24(20,23)5/h18-19,21,23H,7-14H2,1-6H3/t18-,19+,21-,23-,24+,25+/m0/s1. The molecule has 6 atom stereocenters. The molecule has 0 bridgehead atoms. The van der Waals surface area contributed by atoms with Crippen molar-refractivity contribution >= 4 is 5.97 Å². The Bertz CT molecular complexity index is 714. The molecular formula is C25H38O2. The van der Waals surface area contributed by atoms with Gasteiger partial charge in [0.25, 0.3) is 0 Å². The molecule has 2 saturated carbocycles. The fourth-order valence-electron chi connectivity index (χ4n) is 8.14. The van der Waals surface area contributed by atoms with Crippen molar-refractivity contribution in [2.24, 2.45) is 28.6 Å². The van der Waals surface area contributed by atoms with Crippen molar-refractivity contribution in [1.29, 1.82) is 0 Å². The van der Waals surface area contributed by atoms with Crippen molar-refractivity contribution in [3.63, 3.8) is 0 Å². The van der Waals surface area contributed by atoms with Crippen LogP contribution in [0, 0.1) is 28.6 Å². The third-order valence-electron chi connectivity index (χ3n) is 9.23. The molecule has 0 saturated heterocycles. The molecular weight excluding hydrogens is 332 g/mol. The molecule has 0 aromatic rings. The van der Waals surface area contributed by atoms with E-state index in [2.05, 4.69) is 34.6 Å². The first-order valence-electron chi connectivity index (χ1n) is 11.3. The SMILES string of the molecule is CCC1=C(C)C[C@H]2[C@@H]3CC(C)=C4C[C@@H](OC(C)=O)CC[C@]4(C)[C@H]3CC[C@]12C. The molecule has 0 heterocycles. The average molecular weight is 371 g/mol. The zero-order valence-corrected chi connectivity index (χ0v) is 18.3. The van der Waals surface area contributed by atoms with Gasteiger partial charge in [-0.2, -0.15) is 0 Å². The topological polar surface area (TPSA) is 26.3 Å². The molecule has 0 spiro atoms. The summed E-state index contributed by atoms with van der Waals surface area (Å²) in [6.45, 7) is 13.8. The minimum Gasteiger partial charge on any atom is -0.462 e. The predicted octanol–water partition coefficient (Wildman–Crippen LogP) is 6.61. The Balaban J connectivity index is 1.65. The monoisotopic (exact) mass is 370 g/mol. The number of allylic oxidation sites excluding steroid dienone is 3. The van der Waals surface area contributed by atoms with E-state index in [0.717, 1.165) is 30.6 Å². The molecule has 2 fully saturated rings. The van der Waals surface area contributed by atoms with Crippen LogP contribution < -0.4 is 0 Å². The molecule has 0 aromatic carbocycles. The first kappa shape index (κ1) is 19.3. The highest BCUT2D eigenvalue weighted by Crippen LogP contribution is 2.67. The Kier molecular flexibility index (Phi) is 4.63. The molecule has 0 radical (unpaired) electrons. The van der Waals surface area contributed by atoms with Crippen molar-refractivity contribution in [3.05, 3.63) is 22.3 Å². The van der Waals surface area contributed by atoms with Gasteiger partial charge in [0.05, 0.1) is 0 Å². The largest absolute Gasteiger partial charge is 0.462 e. The fourth-order valence-corrected chi connectivity index (χ4v) is 8.14. The smallest absolute Gasteiger partial charge is 0.302 e. The Morgan fingerprint density at radius 1 is 1.00 bits per heavy atom. The third-order valence-corrected chi connectivity index (χ3v) is 9.23. The molecule has 0 aromatic heterocycles. The van der Waals surface area contributed by atoms with E-state index in [9.17, 15) is 4.79 Å². The van der Waals surface area contributed by atoms with Crippen molar-refractivity contribution in [1.82, 2.24) is 0 Å². The van der Waals surface area contributed by atoms with Gasteiger partial charge in [0.15, 0.2) is 0 Å². The molecule has 4 aliphatic carbocycles. The number of rotatable bonds is 2. The molecule has 0 amide bonds. The van der Waals surface area contributed by atoms with Gasteiger partial charge in [0, 0.05) is 13.3 Å². The van der Waals surface area contributed by atoms with Crippen LogP contribution in [0.15, 0.2) is 22.3 Å². The van der Waals surface area contributed by atoms with E-state index in [-0.39, 0.29) is 12.1 Å². The van der Waals surface area contributed by atoms with Gasteiger partial charge < -0.3 is 4.74 Å². The molecule has 2 heteroatoms. The predicted molar refractivity (Wildman–Crippen MR) is 110 cm³/mol. The summed E-state index contributed by atoms with van der Waals surface area (Å²) in [7, 11) is 0. The fraction of sp³-hybridized carbons (Fsp3) is 0.800. The lowest BCUT2D eigenvalue weighted by molar-refractivity contribution is -0.148. The van der Waals surface area contributed by atoms with Crippen LogP contribution in [0.25, 0.3) is 0 Å².